The Labute approximate surface area is 163 Å². The number of benzene rings is 2. The molecule has 3 rings (SSSR count). The van der Waals surface area contributed by atoms with Crippen molar-refractivity contribution in [2.45, 2.75) is 26.7 Å². The lowest BCUT2D eigenvalue weighted by molar-refractivity contribution is -0.122. The molecular weight excluding hydrogens is 356 g/mol. The monoisotopic (exact) mass is 378 g/mol. The molecule has 2 aromatic rings. The van der Waals surface area contributed by atoms with Crippen molar-refractivity contribution in [3.63, 3.8) is 0 Å². The zero-order chi connectivity index (χ0) is 20.3. The van der Waals surface area contributed by atoms with Gasteiger partial charge in [0, 0.05) is 0 Å². The normalized spacial score (nSPS) is 15.9. The Bertz CT molecular complexity index is 928. The largest absolute Gasteiger partial charge is 0.494 e. The number of imide groups is 2. The van der Waals surface area contributed by atoms with E-state index in [4.69, 9.17) is 4.74 Å². The summed E-state index contributed by atoms with van der Waals surface area (Å²) in [6.07, 6.45) is 1.50. The van der Waals surface area contributed by atoms with Gasteiger partial charge in [-0.1, -0.05) is 38.1 Å². The molecule has 0 bridgehead atoms. The van der Waals surface area contributed by atoms with Crippen LogP contribution < -0.4 is 15.0 Å². The lowest BCUT2D eigenvalue weighted by Gasteiger charge is -2.26. The zero-order valence-corrected chi connectivity index (χ0v) is 16.1. The van der Waals surface area contributed by atoms with E-state index in [1.165, 1.54) is 6.08 Å². The van der Waals surface area contributed by atoms with Crippen LogP contribution >= 0.6 is 0 Å². The van der Waals surface area contributed by atoms with Crippen LogP contribution in [0.4, 0.5) is 10.5 Å². The molecule has 2 aromatic carbocycles. The number of nitrogens with zero attached hydrogens (tertiary/aromatic N) is 1. The van der Waals surface area contributed by atoms with Crippen LogP contribution in [-0.2, 0) is 9.59 Å². The Hall–Kier alpha value is -3.41. The van der Waals surface area contributed by atoms with Gasteiger partial charge in [0.2, 0.25) is 0 Å². The average molecular weight is 378 g/mol. The number of amides is 4. The van der Waals surface area contributed by atoms with Crippen molar-refractivity contribution >= 4 is 29.6 Å². The van der Waals surface area contributed by atoms with Crippen molar-refractivity contribution in [1.82, 2.24) is 5.32 Å². The van der Waals surface area contributed by atoms with E-state index in [1.54, 1.807) is 24.3 Å². The summed E-state index contributed by atoms with van der Waals surface area (Å²) in [5.41, 5.74) is 2.14. The minimum absolute atomic E-state index is 0.0919. The Balaban J connectivity index is 1.91. The maximum atomic E-state index is 12.9. The van der Waals surface area contributed by atoms with E-state index >= 15 is 0 Å². The number of hydrogen-bond donors (Lipinski definition) is 1. The van der Waals surface area contributed by atoms with Crippen molar-refractivity contribution < 1.29 is 19.1 Å². The third-order valence-electron chi connectivity index (χ3n) is 4.42. The van der Waals surface area contributed by atoms with Crippen LogP contribution in [0.15, 0.2) is 54.1 Å². The van der Waals surface area contributed by atoms with Gasteiger partial charge in [0.25, 0.3) is 11.8 Å². The highest BCUT2D eigenvalue weighted by Gasteiger charge is 2.36. The fourth-order valence-corrected chi connectivity index (χ4v) is 2.89. The maximum Gasteiger partial charge on any atom is 0.335 e. The Morgan fingerprint density at radius 1 is 1.00 bits per heavy atom. The molecule has 0 unspecified atom stereocenters. The maximum absolute atomic E-state index is 12.9. The number of ether oxygens (including phenoxy) is 1. The molecular formula is C22H22N2O4. The van der Waals surface area contributed by atoms with E-state index in [-0.39, 0.29) is 5.57 Å². The minimum atomic E-state index is -0.772. The molecule has 0 atom stereocenters. The molecule has 0 aromatic heterocycles. The van der Waals surface area contributed by atoms with Gasteiger partial charge >= 0.3 is 6.03 Å². The van der Waals surface area contributed by atoms with Gasteiger partial charge in [-0.3, -0.25) is 14.9 Å². The molecule has 0 aliphatic carbocycles. The van der Waals surface area contributed by atoms with E-state index in [0.29, 0.717) is 29.5 Å². The number of carbonyl (C=O) groups is 3. The predicted octanol–water partition coefficient (Wildman–Crippen LogP) is 3.88. The first kappa shape index (κ1) is 19.4. The Morgan fingerprint density at radius 3 is 2.21 bits per heavy atom. The third kappa shape index (κ3) is 3.96. The second kappa shape index (κ2) is 8.08. The molecule has 0 spiro atoms. The highest BCUT2D eigenvalue weighted by Crippen LogP contribution is 2.24. The van der Waals surface area contributed by atoms with Crippen LogP contribution in [0, 0.1) is 0 Å². The first-order valence-electron chi connectivity index (χ1n) is 9.15. The predicted molar refractivity (Wildman–Crippen MR) is 107 cm³/mol. The third-order valence-corrected chi connectivity index (χ3v) is 4.42. The van der Waals surface area contributed by atoms with E-state index in [2.05, 4.69) is 19.2 Å². The summed E-state index contributed by atoms with van der Waals surface area (Å²) < 4.78 is 5.38. The number of rotatable bonds is 5. The highest BCUT2D eigenvalue weighted by molar-refractivity contribution is 6.39. The molecule has 1 N–H and O–H groups in total. The molecule has 1 saturated heterocycles. The van der Waals surface area contributed by atoms with Gasteiger partial charge in [-0.15, -0.1) is 0 Å². The van der Waals surface area contributed by atoms with Gasteiger partial charge < -0.3 is 4.74 Å². The summed E-state index contributed by atoms with van der Waals surface area (Å²) in [5, 5.41) is 2.23. The van der Waals surface area contributed by atoms with Crippen molar-refractivity contribution in [2.24, 2.45) is 0 Å². The average Bonchev–Trinajstić information content (AvgIpc) is 2.67. The van der Waals surface area contributed by atoms with Gasteiger partial charge in [-0.25, -0.2) is 9.69 Å². The minimum Gasteiger partial charge on any atom is -0.494 e. The first-order chi connectivity index (χ1) is 13.4. The molecule has 6 heteroatoms. The first-order valence-corrected chi connectivity index (χ1v) is 9.15. The van der Waals surface area contributed by atoms with Gasteiger partial charge in [0.1, 0.15) is 11.3 Å². The van der Waals surface area contributed by atoms with E-state index in [9.17, 15) is 14.4 Å². The number of barbiturate groups is 1. The Morgan fingerprint density at radius 2 is 1.64 bits per heavy atom. The molecule has 1 aliphatic heterocycles. The standard InChI is InChI=1S/C22H22N2O4/c1-4-28-18-11-9-17(10-12-18)24-21(26)19(20(25)23-22(24)27)13-15-5-7-16(8-6-15)14(2)3/h5-14H,4H2,1-3H3,(H,23,25,27)/b19-13-. The fraction of sp³-hybridized carbons (Fsp3) is 0.227. The van der Waals surface area contributed by atoms with Gasteiger partial charge in [0.05, 0.1) is 12.3 Å². The summed E-state index contributed by atoms with van der Waals surface area (Å²) in [7, 11) is 0. The molecule has 4 amide bonds. The van der Waals surface area contributed by atoms with Crippen LogP contribution in [-0.4, -0.2) is 24.5 Å². The molecule has 0 saturated carbocycles. The van der Waals surface area contributed by atoms with Crippen LogP contribution in [0.3, 0.4) is 0 Å². The van der Waals surface area contributed by atoms with Gasteiger partial charge in [-0.05, 0) is 54.3 Å². The number of anilines is 1. The lowest BCUT2D eigenvalue weighted by atomic mass is 10.0. The van der Waals surface area contributed by atoms with E-state index in [1.807, 2.05) is 31.2 Å². The Kier molecular flexibility index (Phi) is 5.59. The van der Waals surface area contributed by atoms with E-state index in [0.717, 1.165) is 10.5 Å². The molecule has 1 heterocycles. The summed E-state index contributed by atoms with van der Waals surface area (Å²) in [6.45, 7) is 6.56. The second-order valence-corrected chi connectivity index (χ2v) is 6.71. The van der Waals surface area contributed by atoms with E-state index < -0.39 is 17.8 Å². The molecule has 1 fully saturated rings. The molecule has 0 radical (unpaired) electrons. The van der Waals surface area contributed by atoms with Crippen LogP contribution in [0.5, 0.6) is 5.75 Å². The highest BCUT2D eigenvalue weighted by atomic mass is 16.5. The smallest absolute Gasteiger partial charge is 0.335 e. The lowest BCUT2D eigenvalue weighted by Crippen LogP contribution is -2.54. The van der Waals surface area contributed by atoms with Gasteiger partial charge in [0.15, 0.2) is 0 Å². The zero-order valence-electron chi connectivity index (χ0n) is 16.1. The summed E-state index contributed by atoms with van der Waals surface area (Å²) in [4.78, 5) is 38.3. The van der Waals surface area contributed by atoms with Crippen molar-refractivity contribution in [3.05, 3.63) is 65.2 Å². The summed E-state index contributed by atoms with van der Waals surface area (Å²) in [6, 6.07) is 13.4. The fourth-order valence-electron chi connectivity index (χ4n) is 2.89. The summed E-state index contributed by atoms with van der Waals surface area (Å²) in [5.74, 6) is -0.349. The summed E-state index contributed by atoms with van der Waals surface area (Å²) >= 11 is 0. The van der Waals surface area contributed by atoms with Crippen LogP contribution in [0.1, 0.15) is 37.8 Å². The molecule has 28 heavy (non-hydrogen) atoms. The molecule has 1 aliphatic rings. The van der Waals surface area contributed by atoms with Crippen molar-refractivity contribution in [3.8, 4) is 5.75 Å². The van der Waals surface area contributed by atoms with Crippen molar-refractivity contribution in [2.75, 3.05) is 11.5 Å². The number of carbonyl (C=O) groups excluding carboxylic acids is 3. The number of hydrogen-bond acceptors (Lipinski definition) is 4. The van der Waals surface area contributed by atoms with Crippen LogP contribution in [0.25, 0.3) is 6.08 Å². The van der Waals surface area contributed by atoms with Gasteiger partial charge in [-0.2, -0.15) is 0 Å². The molecule has 6 nitrogen and oxygen atoms in total. The SMILES string of the molecule is CCOc1ccc(N2C(=O)NC(=O)/C(=C/c3ccc(C(C)C)cc3)C2=O)cc1. The quantitative estimate of drug-likeness (QED) is 0.633. The van der Waals surface area contributed by atoms with Crippen LogP contribution in [0.2, 0.25) is 0 Å². The second-order valence-electron chi connectivity index (χ2n) is 6.71. The topological polar surface area (TPSA) is 75.7 Å². The number of nitrogens with one attached hydrogen (secondary N) is 1. The number of urea groups is 1. The van der Waals surface area contributed by atoms with Crippen molar-refractivity contribution in [1.29, 1.82) is 0 Å². The molecule has 144 valence electrons.